The highest BCUT2D eigenvalue weighted by Gasteiger charge is 2.10. The van der Waals surface area contributed by atoms with Gasteiger partial charge in [-0.1, -0.05) is 34.2 Å². The van der Waals surface area contributed by atoms with Crippen molar-refractivity contribution in [3.63, 3.8) is 0 Å². The molecule has 0 spiro atoms. The molecule has 0 aliphatic carbocycles. The molecule has 23 heavy (non-hydrogen) atoms. The second kappa shape index (κ2) is 6.68. The van der Waals surface area contributed by atoms with Crippen LogP contribution in [0, 0.1) is 0 Å². The molecular weight excluding hydrogens is 374 g/mol. The first-order chi connectivity index (χ1) is 11.1. The minimum absolute atomic E-state index is 0.598. The van der Waals surface area contributed by atoms with Gasteiger partial charge in [0.05, 0.1) is 29.6 Å². The van der Waals surface area contributed by atoms with Crippen LogP contribution in [-0.2, 0) is 13.5 Å². The lowest BCUT2D eigenvalue weighted by atomic mass is 10.1. The summed E-state index contributed by atoms with van der Waals surface area (Å²) in [6.45, 7) is 0. The number of anilines is 1. The van der Waals surface area contributed by atoms with Gasteiger partial charge in [0.1, 0.15) is 11.3 Å². The third-order valence-corrected chi connectivity index (χ3v) is 4.36. The summed E-state index contributed by atoms with van der Waals surface area (Å²) in [6, 6.07) is 11.9. The number of nitrogens with zero attached hydrogens (tertiary/aromatic N) is 2. The lowest BCUT2D eigenvalue weighted by molar-refractivity contribution is 0.411. The van der Waals surface area contributed by atoms with Crippen molar-refractivity contribution in [1.82, 2.24) is 9.55 Å². The molecule has 0 fully saturated rings. The van der Waals surface area contributed by atoms with Crippen LogP contribution >= 0.6 is 28.1 Å². The van der Waals surface area contributed by atoms with Gasteiger partial charge in [-0.3, -0.25) is 0 Å². The quantitative estimate of drug-likeness (QED) is 0.674. The number of benzene rings is 2. The molecule has 0 radical (unpaired) electrons. The highest BCUT2D eigenvalue weighted by atomic mass is 79.9. The number of hydrogen-bond donors (Lipinski definition) is 1. The van der Waals surface area contributed by atoms with Gasteiger partial charge >= 0.3 is 0 Å². The summed E-state index contributed by atoms with van der Waals surface area (Å²) in [5.41, 5.74) is 3.94. The number of methoxy groups -OCH3 is 1. The molecule has 6 heteroatoms. The van der Waals surface area contributed by atoms with Crippen molar-refractivity contribution < 1.29 is 4.74 Å². The zero-order valence-electron chi connectivity index (χ0n) is 12.8. The van der Waals surface area contributed by atoms with Crippen LogP contribution in [0.4, 0.5) is 5.69 Å². The lowest BCUT2D eigenvalue weighted by Crippen LogP contribution is -2.13. The van der Waals surface area contributed by atoms with Crippen LogP contribution in [0.5, 0.6) is 5.75 Å². The fourth-order valence-corrected chi connectivity index (χ4v) is 3.19. The first-order valence-electron chi connectivity index (χ1n) is 7.11. The Labute approximate surface area is 148 Å². The molecule has 0 amide bonds. The summed E-state index contributed by atoms with van der Waals surface area (Å²) in [5.74, 6) is 0.827. The SMILES string of the molecule is COc1ccc(Br)cc1CC(=S)Nc1cccc2c1ncn2C. The number of aryl methyl sites for hydroxylation is 1. The molecule has 0 saturated carbocycles. The molecule has 0 bridgehead atoms. The summed E-state index contributed by atoms with van der Waals surface area (Å²) >= 11 is 9.01. The van der Waals surface area contributed by atoms with E-state index in [4.69, 9.17) is 17.0 Å². The third-order valence-electron chi connectivity index (χ3n) is 3.62. The number of rotatable bonds is 4. The maximum absolute atomic E-state index is 5.52. The maximum atomic E-state index is 5.52. The topological polar surface area (TPSA) is 39.1 Å². The fourth-order valence-electron chi connectivity index (χ4n) is 2.51. The van der Waals surface area contributed by atoms with E-state index in [1.807, 2.05) is 48.0 Å². The Bertz CT molecular complexity index is 875. The fraction of sp³-hybridized carbons (Fsp3) is 0.176. The average molecular weight is 390 g/mol. The molecule has 1 N–H and O–H groups in total. The largest absolute Gasteiger partial charge is 0.496 e. The molecule has 1 heterocycles. The van der Waals surface area contributed by atoms with Crippen molar-refractivity contribution in [2.45, 2.75) is 6.42 Å². The van der Waals surface area contributed by atoms with E-state index in [9.17, 15) is 0 Å². The molecule has 118 valence electrons. The molecule has 0 aliphatic heterocycles. The van der Waals surface area contributed by atoms with Gasteiger partial charge in [-0.25, -0.2) is 4.98 Å². The predicted octanol–water partition coefficient (Wildman–Crippen LogP) is 4.33. The Morgan fingerprint density at radius 3 is 2.96 bits per heavy atom. The van der Waals surface area contributed by atoms with Gasteiger partial charge in [0, 0.05) is 23.5 Å². The molecule has 3 rings (SSSR count). The zero-order chi connectivity index (χ0) is 16.4. The summed E-state index contributed by atoms with van der Waals surface area (Å²) in [4.78, 5) is 5.16. The molecule has 4 nitrogen and oxygen atoms in total. The van der Waals surface area contributed by atoms with Crippen LogP contribution in [0.3, 0.4) is 0 Å². The smallest absolute Gasteiger partial charge is 0.122 e. The molecule has 0 saturated heterocycles. The van der Waals surface area contributed by atoms with E-state index in [0.29, 0.717) is 6.42 Å². The van der Waals surface area contributed by atoms with E-state index in [1.165, 1.54) is 0 Å². The third kappa shape index (κ3) is 3.38. The summed E-state index contributed by atoms with van der Waals surface area (Å²) in [6.07, 6.45) is 2.40. The van der Waals surface area contributed by atoms with Gasteiger partial charge in [0.15, 0.2) is 0 Å². The zero-order valence-corrected chi connectivity index (χ0v) is 15.2. The van der Waals surface area contributed by atoms with E-state index in [1.54, 1.807) is 13.4 Å². The minimum atomic E-state index is 0.598. The van der Waals surface area contributed by atoms with Gasteiger partial charge in [-0.15, -0.1) is 0 Å². The molecular formula is C17H16BrN3OS. The number of fused-ring (bicyclic) bond motifs is 1. The van der Waals surface area contributed by atoms with E-state index < -0.39 is 0 Å². The molecule has 0 aliphatic rings. The highest BCUT2D eigenvalue weighted by molar-refractivity contribution is 9.10. The predicted molar refractivity (Wildman–Crippen MR) is 101 cm³/mol. The number of imidazole rings is 1. The number of para-hydroxylation sites is 1. The van der Waals surface area contributed by atoms with E-state index in [2.05, 4.69) is 26.2 Å². The van der Waals surface area contributed by atoms with Crippen LogP contribution in [0.15, 0.2) is 47.2 Å². The first-order valence-corrected chi connectivity index (χ1v) is 8.31. The normalized spacial score (nSPS) is 10.7. The van der Waals surface area contributed by atoms with Gasteiger partial charge in [-0.2, -0.15) is 0 Å². The van der Waals surface area contributed by atoms with Gasteiger partial charge in [0.2, 0.25) is 0 Å². The summed E-state index contributed by atoms with van der Waals surface area (Å²) < 4.78 is 8.39. The standard InChI is InChI=1S/C17H16BrN3OS/c1-21-10-19-17-13(4-3-5-14(17)21)20-16(23)9-11-8-12(18)6-7-15(11)22-2/h3-8,10H,9H2,1-2H3,(H,20,23). The summed E-state index contributed by atoms with van der Waals surface area (Å²) in [7, 11) is 3.64. The van der Waals surface area contributed by atoms with Crippen molar-refractivity contribution >= 4 is 49.9 Å². The molecule has 1 aromatic heterocycles. The molecule has 3 aromatic rings. The van der Waals surface area contributed by atoms with E-state index in [-0.39, 0.29) is 0 Å². The van der Waals surface area contributed by atoms with Gasteiger partial charge in [-0.05, 0) is 30.3 Å². The number of ether oxygens (including phenoxy) is 1. The monoisotopic (exact) mass is 389 g/mol. The second-order valence-electron chi connectivity index (χ2n) is 5.21. The van der Waals surface area contributed by atoms with Crippen molar-refractivity contribution in [1.29, 1.82) is 0 Å². The molecule has 2 aromatic carbocycles. The van der Waals surface area contributed by atoms with Gasteiger partial charge < -0.3 is 14.6 Å². The van der Waals surface area contributed by atoms with Gasteiger partial charge in [0.25, 0.3) is 0 Å². The minimum Gasteiger partial charge on any atom is -0.496 e. The first kappa shape index (κ1) is 16.0. The van der Waals surface area contributed by atoms with Crippen molar-refractivity contribution in [2.75, 3.05) is 12.4 Å². The molecule has 0 unspecified atom stereocenters. The number of aromatic nitrogens is 2. The Balaban J connectivity index is 1.83. The van der Waals surface area contributed by atoms with Crippen molar-refractivity contribution in [3.05, 3.63) is 52.8 Å². The van der Waals surface area contributed by atoms with Crippen LogP contribution < -0.4 is 10.1 Å². The number of halogens is 1. The van der Waals surface area contributed by atoms with Crippen LogP contribution in [0.2, 0.25) is 0 Å². The van der Waals surface area contributed by atoms with Crippen LogP contribution in [-0.4, -0.2) is 21.6 Å². The van der Waals surface area contributed by atoms with Crippen molar-refractivity contribution in [3.8, 4) is 5.75 Å². The van der Waals surface area contributed by atoms with Crippen LogP contribution in [0.25, 0.3) is 11.0 Å². The Morgan fingerprint density at radius 2 is 2.17 bits per heavy atom. The lowest BCUT2D eigenvalue weighted by Gasteiger charge is -2.12. The average Bonchev–Trinajstić information content (AvgIpc) is 2.90. The van der Waals surface area contributed by atoms with E-state index >= 15 is 0 Å². The van der Waals surface area contributed by atoms with Crippen molar-refractivity contribution in [2.24, 2.45) is 7.05 Å². The highest BCUT2D eigenvalue weighted by Crippen LogP contribution is 2.25. The number of thiocarbonyl (C=S) groups is 1. The second-order valence-corrected chi connectivity index (χ2v) is 6.62. The Hall–Kier alpha value is -1.92. The van der Waals surface area contributed by atoms with E-state index in [0.717, 1.165) is 37.5 Å². The van der Waals surface area contributed by atoms with Crippen LogP contribution in [0.1, 0.15) is 5.56 Å². The Kier molecular flexibility index (Phi) is 4.63. The maximum Gasteiger partial charge on any atom is 0.122 e. The molecule has 0 atom stereocenters. The number of hydrogen-bond acceptors (Lipinski definition) is 3. The Morgan fingerprint density at radius 1 is 1.35 bits per heavy atom. The summed E-state index contributed by atoms with van der Waals surface area (Å²) in [5, 5.41) is 3.30. The number of nitrogens with one attached hydrogen (secondary N) is 1.